The summed E-state index contributed by atoms with van der Waals surface area (Å²) in [6, 6.07) is 1.52. The molecule has 4 aliphatic heterocycles. The lowest BCUT2D eigenvalue weighted by atomic mass is 10.1. The largest absolute Gasteiger partial charge is 0.503 e. The van der Waals surface area contributed by atoms with E-state index in [9.17, 15) is 65.3 Å². The maximum absolute atomic E-state index is 13.8. The van der Waals surface area contributed by atoms with Crippen molar-refractivity contribution in [2.24, 2.45) is 0 Å². The fraction of sp³-hybridized carbons (Fsp3) is 0.409. The smallest absolute Gasteiger partial charge is 0.274 e. The van der Waals surface area contributed by atoms with Gasteiger partial charge in [-0.25, -0.2) is 26.3 Å². The molecule has 20 heteroatoms. The van der Waals surface area contributed by atoms with Crippen molar-refractivity contribution in [2.75, 3.05) is 13.1 Å². The molecule has 8 rings (SSSR count). The van der Waals surface area contributed by atoms with Crippen LogP contribution in [0.15, 0.2) is 46.2 Å². The Bertz CT molecular complexity index is 2460. The monoisotopic (exact) mass is 898 g/mol. The summed E-state index contributed by atoms with van der Waals surface area (Å²) in [7, 11) is 0. The molecule has 0 radical (unpaired) electrons. The molecule has 14 nitrogen and oxygen atoms in total. The average molecular weight is 899 g/mol. The predicted octanol–water partition coefficient (Wildman–Crippen LogP) is 5.72. The summed E-state index contributed by atoms with van der Waals surface area (Å²) >= 11 is 0. The van der Waals surface area contributed by atoms with Gasteiger partial charge in [-0.3, -0.25) is 28.8 Å². The van der Waals surface area contributed by atoms with Gasteiger partial charge >= 0.3 is 0 Å². The number of aromatic nitrogens is 2. The Balaban J connectivity index is 0.000000191. The Hall–Kier alpha value is -6.60. The van der Waals surface area contributed by atoms with E-state index in [2.05, 4.69) is 10.6 Å². The molecule has 64 heavy (non-hydrogen) atoms. The topological polar surface area (TPSA) is 183 Å². The minimum Gasteiger partial charge on any atom is -0.503 e. The quantitative estimate of drug-likeness (QED) is 0.162. The van der Waals surface area contributed by atoms with Gasteiger partial charge in [-0.1, -0.05) is 13.8 Å². The van der Waals surface area contributed by atoms with Gasteiger partial charge in [0.25, 0.3) is 23.6 Å². The van der Waals surface area contributed by atoms with Crippen molar-refractivity contribution in [2.45, 2.75) is 102 Å². The Morgan fingerprint density at radius 1 is 0.594 bits per heavy atom. The molecule has 6 heterocycles. The van der Waals surface area contributed by atoms with Gasteiger partial charge in [-0.2, -0.15) is 0 Å². The van der Waals surface area contributed by atoms with Gasteiger partial charge in [-0.05, 0) is 51.4 Å². The molecular weight excluding hydrogens is 855 g/mol. The van der Waals surface area contributed by atoms with Gasteiger partial charge in [-0.15, -0.1) is 0 Å². The molecule has 340 valence electrons. The number of hydrogen-bond donors (Lipinski definition) is 4. The molecule has 2 fully saturated rings. The van der Waals surface area contributed by atoms with Crippen LogP contribution in [0.2, 0.25) is 0 Å². The lowest BCUT2D eigenvalue weighted by molar-refractivity contribution is 0.0576. The first-order valence-corrected chi connectivity index (χ1v) is 20.9. The van der Waals surface area contributed by atoms with E-state index < -0.39 is 116 Å². The summed E-state index contributed by atoms with van der Waals surface area (Å²) in [5.74, 6) is -11.4. The summed E-state index contributed by atoms with van der Waals surface area (Å²) in [4.78, 5) is 80.0. The number of aromatic hydroxyl groups is 2. The number of fused-ring (bicyclic) bond motifs is 8. The number of carbonyl (C=O) groups excluding carboxylic acids is 4. The first-order chi connectivity index (χ1) is 30.4. The van der Waals surface area contributed by atoms with Crippen molar-refractivity contribution >= 4 is 23.6 Å². The number of carbonyl (C=O) groups is 4. The second-order valence-corrected chi connectivity index (χ2v) is 16.2. The third kappa shape index (κ3) is 8.44. The Labute approximate surface area is 361 Å². The zero-order valence-corrected chi connectivity index (χ0v) is 34.7. The summed E-state index contributed by atoms with van der Waals surface area (Å²) in [5.41, 5.74) is -4.44. The molecule has 4 aromatic rings. The van der Waals surface area contributed by atoms with Crippen molar-refractivity contribution in [3.05, 3.63) is 126 Å². The van der Waals surface area contributed by atoms with Gasteiger partial charge in [0.2, 0.25) is 10.9 Å². The highest BCUT2D eigenvalue weighted by Gasteiger charge is 2.41. The molecule has 0 unspecified atom stereocenters. The first kappa shape index (κ1) is 45.4. The van der Waals surface area contributed by atoms with Gasteiger partial charge < -0.3 is 39.8 Å². The Kier molecular flexibility index (Phi) is 13.0. The molecule has 2 aromatic carbocycles. The number of rotatable bonds is 8. The van der Waals surface area contributed by atoms with Gasteiger partial charge in [0.1, 0.15) is 46.0 Å². The SMILES string of the molecule is CC[C@@H]1CCC[C@H]2CN1C(=O)c1c(O)c(=O)c(C(=O)NCc3c(F)cc(F)cc3F)cn12.CC[C@H]1CCC[C@H]2CN1C(=O)c1c(O)c(=O)c(C(=O)NCc3c(F)cc(F)cc3F)cn12. The first-order valence-electron chi connectivity index (χ1n) is 20.9. The second-order valence-electron chi connectivity index (χ2n) is 16.2. The summed E-state index contributed by atoms with van der Waals surface area (Å²) in [6.45, 7) is 3.49. The maximum atomic E-state index is 13.8. The molecule has 4 bridgehead atoms. The van der Waals surface area contributed by atoms with Crippen molar-refractivity contribution in [3.63, 3.8) is 0 Å². The van der Waals surface area contributed by atoms with E-state index in [0.29, 0.717) is 50.2 Å². The lowest BCUT2D eigenvalue weighted by Crippen LogP contribution is -2.48. The van der Waals surface area contributed by atoms with Crippen LogP contribution >= 0.6 is 0 Å². The summed E-state index contributed by atoms with van der Waals surface area (Å²) in [6.07, 6.45) is 8.62. The van der Waals surface area contributed by atoms with Gasteiger partial charge in [0, 0.05) is 86.0 Å². The van der Waals surface area contributed by atoms with Crippen LogP contribution in [0.3, 0.4) is 0 Å². The number of nitrogens with zero attached hydrogens (tertiary/aromatic N) is 4. The van der Waals surface area contributed by atoms with Crippen LogP contribution < -0.4 is 21.5 Å². The number of halogens is 6. The highest BCUT2D eigenvalue weighted by Crippen LogP contribution is 2.36. The van der Waals surface area contributed by atoms with Crippen molar-refractivity contribution in [1.29, 1.82) is 0 Å². The van der Waals surface area contributed by atoms with E-state index in [1.54, 1.807) is 9.80 Å². The Morgan fingerprint density at radius 3 is 1.27 bits per heavy atom. The number of pyridine rings is 2. The molecule has 0 saturated carbocycles. The molecular formula is C44H44F6N6O8. The van der Waals surface area contributed by atoms with Crippen LogP contribution in [0.1, 0.15) is 130 Å². The van der Waals surface area contributed by atoms with Gasteiger partial charge in [0.15, 0.2) is 22.9 Å². The van der Waals surface area contributed by atoms with Crippen LogP contribution in [0.4, 0.5) is 26.3 Å². The van der Waals surface area contributed by atoms with Crippen LogP contribution in [0.25, 0.3) is 0 Å². The number of amides is 4. The van der Waals surface area contributed by atoms with E-state index in [4.69, 9.17) is 0 Å². The average Bonchev–Trinajstić information content (AvgIpc) is 3.57. The fourth-order valence-corrected chi connectivity index (χ4v) is 9.07. The van der Waals surface area contributed by atoms with Crippen LogP contribution in [0.5, 0.6) is 11.5 Å². The molecule has 4 amide bonds. The third-order valence-corrected chi connectivity index (χ3v) is 12.5. The van der Waals surface area contributed by atoms with E-state index in [-0.39, 0.29) is 35.6 Å². The highest BCUT2D eigenvalue weighted by molar-refractivity contribution is 6.00. The molecule has 4 atom stereocenters. The zero-order chi connectivity index (χ0) is 46.3. The van der Waals surface area contributed by atoms with E-state index in [1.165, 1.54) is 21.5 Å². The number of nitrogens with one attached hydrogen (secondary N) is 2. The van der Waals surface area contributed by atoms with Crippen molar-refractivity contribution in [3.8, 4) is 11.5 Å². The minimum atomic E-state index is -1.18. The number of benzene rings is 2. The molecule has 4 aliphatic rings. The van der Waals surface area contributed by atoms with E-state index in [1.807, 2.05) is 13.8 Å². The lowest BCUT2D eigenvalue weighted by Gasteiger charge is -2.38. The van der Waals surface area contributed by atoms with E-state index in [0.717, 1.165) is 38.5 Å². The molecule has 0 spiro atoms. The second kappa shape index (κ2) is 18.2. The standard InChI is InChI=1S/2C22H22F3N3O4/c2*1-2-12-4-3-5-13-9-28(12)22(32)18-20(30)19(29)15(10-27(13)18)21(31)26-8-14-16(24)6-11(23)7-17(14)25/h2*6-7,10,12-13,30H,2-5,8-9H2,1H3,(H,26,31)/t12-,13+;12-,13-/m10/s1. The van der Waals surface area contributed by atoms with Crippen LogP contribution in [0, 0.1) is 34.9 Å². The fourth-order valence-electron chi connectivity index (χ4n) is 9.07. The summed E-state index contributed by atoms with van der Waals surface area (Å²) < 4.78 is 84.4. The predicted molar refractivity (Wildman–Crippen MR) is 216 cm³/mol. The molecule has 2 aromatic heterocycles. The molecule has 0 aliphatic carbocycles. The van der Waals surface area contributed by atoms with Crippen LogP contribution in [-0.2, 0) is 13.1 Å². The van der Waals surface area contributed by atoms with Crippen LogP contribution in [-0.4, -0.2) is 77.9 Å². The van der Waals surface area contributed by atoms with Crippen molar-refractivity contribution in [1.82, 2.24) is 29.6 Å². The maximum Gasteiger partial charge on any atom is 0.274 e. The van der Waals surface area contributed by atoms with Crippen molar-refractivity contribution < 1.29 is 55.7 Å². The van der Waals surface area contributed by atoms with Gasteiger partial charge in [0.05, 0.1) is 12.1 Å². The zero-order valence-electron chi connectivity index (χ0n) is 34.7. The normalized spacial score (nSPS) is 20.0. The highest BCUT2D eigenvalue weighted by atomic mass is 19.2. The number of hydrogen-bond acceptors (Lipinski definition) is 8. The van der Waals surface area contributed by atoms with E-state index >= 15 is 0 Å². The minimum absolute atomic E-state index is 0.0132. The Morgan fingerprint density at radius 2 is 0.938 bits per heavy atom. The summed E-state index contributed by atoms with van der Waals surface area (Å²) in [5, 5.41) is 25.5. The molecule has 4 N–H and O–H groups in total. The third-order valence-electron chi connectivity index (χ3n) is 12.5. The molecule has 2 saturated heterocycles.